The molecule has 9 nitrogen and oxygen atoms in total. The Bertz CT molecular complexity index is 1140. The molecule has 1 aliphatic rings. The SMILES string of the molecule is CCCc1cc2c(N3CCn4c(nnc4C(F)(F)F)C3)nc(OCCCNC(C)=O)nc2s1. The van der Waals surface area contributed by atoms with Crippen LogP contribution in [0.3, 0.4) is 0 Å². The molecule has 13 heteroatoms. The number of hydrogen-bond donors (Lipinski definition) is 1. The lowest BCUT2D eigenvalue weighted by atomic mass is 10.2. The Morgan fingerprint density at radius 2 is 2.09 bits per heavy atom. The summed E-state index contributed by atoms with van der Waals surface area (Å²) < 4.78 is 46.4. The number of thiophene rings is 1. The predicted octanol–water partition coefficient (Wildman–Crippen LogP) is 3.18. The Balaban J connectivity index is 1.60. The number of aryl methyl sites for hydroxylation is 1. The lowest BCUT2D eigenvalue weighted by molar-refractivity contribution is -0.147. The first kappa shape index (κ1) is 23.2. The van der Waals surface area contributed by atoms with Gasteiger partial charge in [0.05, 0.1) is 18.5 Å². The molecule has 3 aromatic rings. The summed E-state index contributed by atoms with van der Waals surface area (Å²) in [6.45, 7) is 4.91. The van der Waals surface area contributed by atoms with Gasteiger partial charge in [-0.3, -0.25) is 4.79 Å². The Kier molecular flexibility index (Phi) is 6.68. The molecule has 33 heavy (non-hydrogen) atoms. The molecule has 4 heterocycles. The van der Waals surface area contributed by atoms with E-state index in [1.165, 1.54) is 6.92 Å². The van der Waals surface area contributed by atoms with E-state index in [1.807, 2.05) is 11.0 Å². The molecule has 0 fully saturated rings. The third kappa shape index (κ3) is 5.18. The second kappa shape index (κ2) is 9.49. The summed E-state index contributed by atoms with van der Waals surface area (Å²) in [5.74, 6) is -0.238. The maximum atomic E-state index is 13.2. The van der Waals surface area contributed by atoms with E-state index in [0.29, 0.717) is 31.9 Å². The van der Waals surface area contributed by atoms with Crippen molar-refractivity contribution in [3.63, 3.8) is 0 Å². The second-order valence-electron chi connectivity index (χ2n) is 7.71. The van der Waals surface area contributed by atoms with Gasteiger partial charge in [-0.15, -0.1) is 21.5 Å². The number of carbonyl (C=O) groups is 1. The highest BCUT2D eigenvalue weighted by molar-refractivity contribution is 7.18. The number of aromatic nitrogens is 5. The Labute approximate surface area is 192 Å². The Morgan fingerprint density at radius 1 is 1.27 bits per heavy atom. The van der Waals surface area contributed by atoms with Gasteiger partial charge < -0.3 is 19.5 Å². The van der Waals surface area contributed by atoms with Gasteiger partial charge in [0.25, 0.3) is 0 Å². The fourth-order valence-electron chi connectivity index (χ4n) is 3.66. The van der Waals surface area contributed by atoms with Crippen molar-refractivity contribution in [1.29, 1.82) is 0 Å². The first-order chi connectivity index (χ1) is 15.8. The molecule has 0 radical (unpaired) electrons. The van der Waals surface area contributed by atoms with Gasteiger partial charge in [-0.25, -0.2) is 0 Å². The van der Waals surface area contributed by atoms with E-state index in [1.54, 1.807) is 11.3 Å². The summed E-state index contributed by atoms with van der Waals surface area (Å²) in [4.78, 5) is 23.9. The number of rotatable bonds is 8. The number of halogens is 3. The molecule has 178 valence electrons. The summed E-state index contributed by atoms with van der Waals surface area (Å²) in [5, 5.41) is 10.7. The third-order valence-electron chi connectivity index (χ3n) is 5.13. The van der Waals surface area contributed by atoms with Crippen molar-refractivity contribution in [3.8, 4) is 6.01 Å². The summed E-state index contributed by atoms with van der Waals surface area (Å²) in [6.07, 6.45) is -2.07. The predicted molar refractivity (Wildman–Crippen MR) is 116 cm³/mol. The van der Waals surface area contributed by atoms with Crippen LogP contribution in [0.1, 0.15) is 43.2 Å². The van der Waals surface area contributed by atoms with Crippen molar-refractivity contribution in [2.45, 2.75) is 52.4 Å². The zero-order valence-electron chi connectivity index (χ0n) is 18.3. The van der Waals surface area contributed by atoms with E-state index < -0.39 is 12.0 Å². The van der Waals surface area contributed by atoms with Crippen LogP contribution in [0.25, 0.3) is 10.2 Å². The zero-order chi connectivity index (χ0) is 23.6. The molecule has 4 rings (SSSR count). The van der Waals surface area contributed by atoms with E-state index in [-0.39, 0.29) is 30.8 Å². The number of nitrogens with one attached hydrogen (secondary N) is 1. The van der Waals surface area contributed by atoms with Gasteiger partial charge >= 0.3 is 12.2 Å². The van der Waals surface area contributed by atoms with Gasteiger partial charge in [0.15, 0.2) is 5.82 Å². The Hall–Kier alpha value is -2.96. The van der Waals surface area contributed by atoms with Gasteiger partial charge in [0, 0.05) is 31.4 Å². The average Bonchev–Trinajstić information content (AvgIpc) is 3.36. The van der Waals surface area contributed by atoms with Crippen LogP contribution in [0.4, 0.5) is 19.0 Å². The topological polar surface area (TPSA) is 98.1 Å². The number of alkyl halides is 3. The minimum atomic E-state index is -4.55. The highest BCUT2D eigenvalue weighted by Crippen LogP contribution is 2.35. The van der Waals surface area contributed by atoms with Crippen molar-refractivity contribution in [3.05, 3.63) is 22.6 Å². The van der Waals surface area contributed by atoms with Crippen LogP contribution >= 0.6 is 11.3 Å². The van der Waals surface area contributed by atoms with E-state index in [0.717, 1.165) is 32.5 Å². The normalized spacial score (nSPS) is 13.9. The zero-order valence-corrected chi connectivity index (χ0v) is 19.1. The van der Waals surface area contributed by atoms with E-state index in [4.69, 9.17) is 4.74 Å². The highest BCUT2D eigenvalue weighted by atomic mass is 32.1. The minimum absolute atomic E-state index is 0.0987. The molecule has 0 spiro atoms. The molecule has 0 saturated carbocycles. The average molecular weight is 484 g/mol. The quantitative estimate of drug-likeness (QED) is 0.492. The van der Waals surface area contributed by atoms with Crippen LogP contribution in [0, 0.1) is 0 Å². The van der Waals surface area contributed by atoms with Crippen LogP contribution in [-0.2, 0) is 30.5 Å². The van der Waals surface area contributed by atoms with E-state index >= 15 is 0 Å². The first-order valence-corrected chi connectivity index (χ1v) is 11.5. The van der Waals surface area contributed by atoms with Gasteiger partial charge in [-0.1, -0.05) is 13.3 Å². The summed E-state index contributed by atoms with van der Waals surface area (Å²) in [7, 11) is 0. The first-order valence-electron chi connectivity index (χ1n) is 10.7. The van der Waals surface area contributed by atoms with E-state index in [2.05, 4.69) is 32.4 Å². The van der Waals surface area contributed by atoms with Crippen LogP contribution in [-0.4, -0.2) is 50.3 Å². The number of amides is 1. The number of ether oxygens (including phenoxy) is 1. The van der Waals surface area contributed by atoms with Crippen LogP contribution < -0.4 is 15.0 Å². The number of fused-ring (bicyclic) bond motifs is 2. The minimum Gasteiger partial charge on any atom is -0.463 e. The molecule has 1 amide bonds. The Morgan fingerprint density at radius 3 is 2.82 bits per heavy atom. The monoisotopic (exact) mass is 483 g/mol. The van der Waals surface area contributed by atoms with Gasteiger partial charge in [0.2, 0.25) is 11.7 Å². The number of carbonyl (C=O) groups excluding carboxylic acids is 1. The summed E-state index contributed by atoms with van der Waals surface area (Å²) in [6, 6.07) is 2.24. The number of hydrogen-bond acceptors (Lipinski definition) is 8. The molecule has 0 saturated heterocycles. The molecule has 0 unspecified atom stereocenters. The molecule has 1 N–H and O–H groups in total. The number of nitrogens with zero attached hydrogens (tertiary/aromatic N) is 6. The molecule has 0 atom stereocenters. The lowest BCUT2D eigenvalue weighted by Crippen LogP contribution is -2.36. The summed E-state index contributed by atoms with van der Waals surface area (Å²) in [5.41, 5.74) is 0. The van der Waals surface area contributed by atoms with Crippen molar-refractivity contribution < 1.29 is 22.7 Å². The van der Waals surface area contributed by atoms with Crippen LogP contribution in [0.2, 0.25) is 0 Å². The molecule has 0 aromatic carbocycles. The van der Waals surface area contributed by atoms with Crippen LogP contribution in [0.5, 0.6) is 6.01 Å². The van der Waals surface area contributed by atoms with Crippen LogP contribution in [0.15, 0.2) is 6.07 Å². The largest absolute Gasteiger partial charge is 0.463 e. The van der Waals surface area contributed by atoms with Crippen molar-refractivity contribution in [1.82, 2.24) is 30.0 Å². The molecule has 0 aliphatic carbocycles. The van der Waals surface area contributed by atoms with Crippen molar-refractivity contribution in [2.75, 3.05) is 24.6 Å². The standard InChI is InChI=1S/C20H24F3N7O2S/c1-3-5-13-10-14-16(25-19(26-17(14)33-13)32-9-4-6-24-12(2)31)29-7-8-30-15(11-29)27-28-18(30)20(21,22)23/h10H,3-9,11H2,1-2H3,(H,24,31). The molecule has 1 aliphatic heterocycles. The van der Waals surface area contributed by atoms with Gasteiger partial charge in [0.1, 0.15) is 10.6 Å². The molecular weight excluding hydrogens is 459 g/mol. The fraction of sp³-hybridized carbons (Fsp3) is 0.550. The molecule has 3 aromatic heterocycles. The van der Waals surface area contributed by atoms with E-state index in [9.17, 15) is 18.0 Å². The van der Waals surface area contributed by atoms with Gasteiger partial charge in [-0.05, 0) is 18.9 Å². The van der Waals surface area contributed by atoms with Crippen molar-refractivity contribution in [2.24, 2.45) is 0 Å². The molecular formula is C20H24F3N7O2S. The smallest absolute Gasteiger partial charge is 0.451 e. The maximum Gasteiger partial charge on any atom is 0.451 e. The second-order valence-corrected chi connectivity index (χ2v) is 8.82. The third-order valence-corrected chi connectivity index (χ3v) is 6.22. The fourth-order valence-corrected chi connectivity index (χ4v) is 4.78. The lowest BCUT2D eigenvalue weighted by Gasteiger charge is -2.29. The maximum absolute atomic E-state index is 13.2. The van der Waals surface area contributed by atoms with Crippen molar-refractivity contribution >= 4 is 33.3 Å². The molecule has 0 bridgehead atoms. The highest BCUT2D eigenvalue weighted by Gasteiger charge is 2.39. The number of anilines is 1. The van der Waals surface area contributed by atoms with Gasteiger partial charge in [-0.2, -0.15) is 23.1 Å². The summed E-state index contributed by atoms with van der Waals surface area (Å²) >= 11 is 1.56.